The molecule has 0 saturated carbocycles. The minimum absolute atomic E-state index is 0.0782. The maximum atomic E-state index is 13.5. The summed E-state index contributed by atoms with van der Waals surface area (Å²) in [5.41, 5.74) is 3.46. The van der Waals surface area contributed by atoms with E-state index in [1.54, 1.807) is 13.0 Å². The Morgan fingerprint density at radius 2 is 1.58 bits per heavy atom. The van der Waals surface area contributed by atoms with Crippen LogP contribution in [0, 0.1) is 20.8 Å². The minimum Gasteiger partial charge on any atom is -0.170 e. The summed E-state index contributed by atoms with van der Waals surface area (Å²) in [4.78, 5) is 0. The lowest BCUT2D eigenvalue weighted by Crippen LogP contribution is -2.19. The number of allylic oxidation sites excluding steroid dienone is 1. The van der Waals surface area contributed by atoms with Gasteiger partial charge in [0.2, 0.25) is 0 Å². The standard InChI is InChI=1S/C19H17Cl2F3/c1-11-4-5-14(8-12(11)2)6-7-16(19(22,23)24)15-9-13(3)18(21)17(20)10-15/h4-10,16H,1-3H3/b7-6+. The molecule has 0 heterocycles. The van der Waals surface area contributed by atoms with E-state index in [1.165, 1.54) is 18.2 Å². The Morgan fingerprint density at radius 3 is 2.12 bits per heavy atom. The van der Waals surface area contributed by atoms with Crippen LogP contribution in [0.4, 0.5) is 13.2 Å². The van der Waals surface area contributed by atoms with Crippen molar-refractivity contribution in [2.45, 2.75) is 32.9 Å². The molecule has 5 heteroatoms. The molecule has 0 bridgehead atoms. The summed E-state index contributed by atoms with van der Waals surface area (Å²) in [6.45, 7) is 5.52. The second-order valence-corrected chi connectivity index (χ2v) is 6.64. The molecule has 2 aromatic carbocycles. The number of benzene rings is 2. The molecule has 0 aliphatic carbocycles. The fourth-order valence-corrected chi connectivity index (χ4v) is 2.80. The molecule has 2 rings (SSSR count). The zero-order valence-electron chi connectivity index (χ0n) is 13.5. The largest absolute Gasteiger partial charge is 0.399 e. The van der Waals surface area contributed by atoms with Gasteiger partial charge in [0, 0.05) is 0 Å². The maximum Gasteiger partial charge on any atom is 0.399 e. The summed E-state index contributed by atoms with van der Waals surface area (Å²) in [5, 5.41) is 0.403. The molecule has 1 atom stereocenters. The van der Waals surface area contributed by atoms with Gasteiger partial charge in [0.05, 0.1) is 16.0 Å². The van der Waals surface area contributed by atoms with Crippen molar-refractivity contribution in [2.75, 3.05) is 0 Å². The van der Waals surface area contributed by atoms with Gasteiger partial charge in [0.15, 0.2) is 0 Å². The van der Waals surface area contributed by atoms with Crippen LogP contribution in [0.3, 0.4) is 0 Å². The van der Waals surface area contributed by atoms with Gasteiger partial charge in [0.1, 0.15) is 0 Å². The van der Waals surface area contributed by atoms with Gasteiger partial charge in [-0.05, 0) is 54.7 Å². The first-order valence-corrected chi connectivity index (χ1v) is 8.13. The average Bonchev–Trinajstić information content (AvgIpc) is 2.47. The quantitative estimate of drug-likeness (QED) is 0.530. The highest BCUT2D eigenvalue weighted by atomic mass is 35.5. The summed E-state index contributed by atoms with van der Waals surface area (Å²) in [6.07, 6.45) is -1.77. The monoisotopic (exact) mass is 372 g/mol. The molecule has 0 amide bonds. The first-order valence-electron chi connectivity index (χ1n) is 7.37. The number of hydrogen-bond acceptors (Lipinski definition) is 0. The van der Waals surface area contributed by atoms with E-state index in [4.69, 9.17) is 23.2 Å². The van der Waals surface area contributed by atoms with Gasteiger partial charge in [0.25, 0.3) is 0 Å². The third kappa shape index (κ3) is 4.34. The van der Waals surface area contributed by atoms with E-state index in [1.807, 2.05) is 26.0 Å². The highest BCUT2D eigenvalue weighted by Crippen LogP contribution is 2.39. The number of aryl methyl sites for hydroxylation is 3. The fourth-order valence-electron chi connectivity index (χ4n) is 2.42. The molecule has 0 N–H and O–H groups in total. The lowest BCUT2D eigenvalue weighted by Gasteiger charge is -2.19. The first-order chi connectivity index (χ1) is 11.1. The van der Waals surface area contributed by atoms with Gasteiger partial charge in [-0.2, -0.15) is 13.2 Å². The van der Waals surface area contributed by atoms with Crippen LogP contribution < -0.4 is 0 Å². The number of alkyl halides is 3. The molecule has 1 unspecified atom stereocenters. The average molecular weight is 373 g/mol. The third-order valence-corrected chi connectivity index (χ3v) is 4.85. The van der Waals surface area contributed by atoms with Gasteiger partial charge in [-0.3, -0.25) is 0 Å². The molecule has 0 aliphatic heterocycles. The van der Waals surface area contributed by atoms with Gasteiger partial charge < -0.3 is 0 Å². The smallest absolute Gasteiger partial charge is 0.170 e. The van der Waals surface area contributed by atoms with Crippen molar-refractivity contribution in [1.82, 2.24) is 0 Å². The molecule has 2 aromatic rings. The first kappa shape index (κ1) is 18.9. The van der Waals surface area contributed by atoms with Crippen LogP contribution in [0.15, 0.2) is 36.4 Å². The van der Waals surface area contributed by atoms with Gasteiger partial charge in [-0.1, -0.05) is 59.6 Å². The topological polar surface area (TPSA) is 0 Å². The molecule has 128 valence electrons. The Labute approximate surface area is 149 Å². The van der Waals surface area contributed by atoms with Crippen molar-refractivity contribution in [3.63, 3.8) is 0 Å². The second-order valence-electron chi connectivity index (χ2n) is 5.86. The van der Waals surface area contributed by atoms with Crippen molar-refractivity contribution in [1.29, 1.82) is 0 Å². The van der Waals surface area contributed by atoms with E-state index in [0.717, 1.165) is 22.8 Å². The summed E-state index contributed by atoms with van der Waals surface area (Å²) in [7, 11) is 0. The van der Waals surface area contributed by atoms with E-state index in [-0.39, 0.29) is 15.6 Å². The van der Waals surface area contributed by atoms with Crippen molar-refractivity contribution < 1.29 is 13.2 Å². The van der Waals surface area contributed by atoms with Crippen molar-refractivity contribution in [3.05, 3.63) is 74.3 Å². The van der Waals surface area contributed by atoms with E-state index >= 15 is 0 Å². The highest BCUT2D eigenvalue weighted by Gasteiger charge is 2.39. The fraction of sp³-hybridized carbons (Fsp3) is 0.263. The maximum absolute atomic E-state index is 13.5. The minimum atomic E-state index is -4.42. The molecule has 0 radical (unpaired) electrons. The summed E-state index contributed by atoms with van der Waals surface area (Å²) in [6, 6.07) is 8.25. The molecule has 24 heavy (non-hydrogen) atoms. The molecule has 0 fully saturated rings. The Bertz CT molecular complexity index is 754. The highest BCUT2D eigenvalue weighted by molar-refractivity contribution is 6.42. The summed E-state index contributed by atoms with van der Waals surface area (Å²) in [5.74, 6) is -1.74. The molecule has 0 aliphatic rings. The van der Waals surface area contributed by atoms with Crippen LogP contribution in [0.25, 0.3) is 6.08 Å². The van der Waals surface area contributed by atoms with Crippen molar-refractivity contribution >= 4 is 29.3 Å². The third-order valence-electron chi connectivity index (χ3n) is 3.96. The zero-order chi connectivity index (χ0) is 18.1. The molecular weight excluding hydrogens is 356 g/mol. The SMILES string of the molecule is Cc1ccc(/C=C/C(c2cc(C)c(Cl)c(Cl)c2)C(F)(F)F)cc1C. The number of rotatable bonds is 3. The Kier molecular flexibility index (Phi) is 5.67. The predicted molar refractivity (Wildman–Crippen MR) is 94.9 cm³/mol. The molecule has 0 saturated heterocycles. The van der Waals surface area contributed by atoms with Crippen LogP contribution in [-0.4, -0.2) is 6.18 Å². The van der Waals surface area contributed by atoms with E-state index < -0.39 is 12.1 Å². The van der Waals surface area contributed by atoms with E-state index in [0.29, 0.717) is 5.56 Å². The molecule has 0 spiro atoms. The molecule has 0 nitrogen and oxygen atoms in total. The van der Waals surface area contributed by atoms with Gasteiger partial charge >= 0.3 is 6.18 Å². The van der Waals surface area contributed by atoms with Gasteiger partial charge in [-0.15, -0.1) is 0 Å². The van der Waals surface area contributed by atoms with Crippen LogP contribution >= 0.6 is 23.2 Å². The van der Waals surface area contributed by atoms with Crippen LogP contribution in [0.5, 0.6) is 0 Å². The Balaban J connectivity index is 2.43. The summed E-state index contributed by atoms with van der Waals surface area (Å²) < 4.78 is 40.5. The normalized spacial score (nSPS) is 13.5. The lowest BCUT2D eigenvalue weighted by molar-refractivity contribution is -0.139. The molecular formula is C19H17Cl2F3. The Hall–Kier alpha value is -1.45. The van der Waals surface area contributed by atoms with Gasteiger partial charge in [-0.25, -0.2) is 0 Å². The molecule has 0 aromatic heterocycles. The van der Waals surface area contributed by atoms with Crippen LogP contribution in [-0.2, 0) is 0 Å². The summed E-state index contributed by atoms with van der Waals surface area (Å²) >= 11 is 11.9. The van der Waals surface area contributed by atoms with E-state index in [2.05, 4.69) is 0 Å². The predicted octanol–water partition coefficient (Wildman–Crippen LogP) is 7.28. The zero-order valence-corrected chi connectivity index (χ0v) is 15.0. The number of halogens is 5. The van der Waals surface area contributed by atoms with E-state index in [9.17, 15) is 13.2 Å². The van der Waals surface area contributed by atoms with Crippen molar-refractivity contribution in [2.24, 2.45) is 0 Å². The van der Waals surface area contributed by atoms with Crippen LogP contribution in [0.2, 0.25) is 10.0 Å². The Morgan fingerprint density at radius 1 is 0.917 bits per heavy atom. The second kappa shape index (κ2) is 7.20. The number of hydrogen-bond donors (Lipinski definition) is 0. The van der Waals surface area contributed by atoms with Crippen molar-refractivity contribution in [3.8, 4) is 0 Å². The van der Waals surface area contributed by atoms with Crippen LogP contribution in [0.1, 0.15) is 33.7 Å². The lowest BCUT2D eigenvalue weighted by atomic mass is 9.95.